The minimum absolute atomic E-state index is 0.130. The normalized spacial score (nSPS) is 13.2. The molecule has 2 N–H and O–H groups in total. The lowest BCUT2D eigenvalue weighted by Gasteiger charge is -2.18. The van der Waals surface area contributed by atoms with Gasteiger partial charge in [-0.1, -0.05) is 6.92 Å². The van der Waals surface area contributed by atoms with Gasteiger partial charge in [-0.15, -0.1) is 0 Å². The van der Waals surface area contributed by atoms with Crippen molar-refractivity contribution in [3.63, 3.8) is 0 Å². The molecule has 0 saturated carbocycles. The van der Waals surface area contributed by atoms with Gasteiger partial charge in [-0.3, -0.25) is 0 Å². The molecule has 0 aliphatic heterocycles. The van der Waals surface area contributed by atoms with Crippen molar-refractivity contribution >= 4 is 0 Å². The number of hydrogen-bond donors (Lipinski definition) is 1. The van der Waals surface area contributed by atoms with Crippen molar-refractivity contribution in [1.82, 2.24) is 0 Å². The van der Waals surface area contributed by atoms with Crippen molar-refractivity contribution in [2.45, 2.75) is 38.9 Å². The highest BCUT2D eigenvalue weighted by molar-refractivity contribution is 5.48. The van der Waals surface area contributed by atoms with Gasteiger partial charge in [0.15, 0.2) is 0 Å². The molecule has 1 atom stereocenters. The van der Waals surface area contributed by atoms with Crippen LogP contribution in [0.25, 0.3) is 0 Å². The first-order chi connectivity index (χ1) is 9.33. The summed E-state index contributed by atoms with van der Waals surface area (Å²) < 4.78 is 49.1. The average molecular weight is 291 g/mol. The first kappa shape index (κ1) is 16.6. The third kappa shape index (κ3) is 4.03. The molecule has 0 amide bonds. The molecule has 0 heterocycles. The Labute approximate surface area is 116 Å². The molecule has 114 valence electrons. The molecule has 6 heteroatoms. The lowest BCUT2D eigenvalue weighted by atomic mass is 10.0. The molecule has 1 aromatic rings. The van der Waals surface area contributed by atoms with E-state index in [1.165, 1.54) is 13.2 Å². The Morgan fingerprint density at radius 1 is 1.20 bits per heavy atom. The van der Waals surface area contributed by atoms with E-state index < -0.39 is 11.7 Å². The predicted octanol–water partition coefficient (Wildman–Crippen LogP) is 3.39. The summed E-state index contributed by atoms with van der Waals surface area (Å²) in [5.41, 5.74) is 5.65. The van der Waals surface area contributed by atoms with Crippen molar-refractivity contribution < 1.29 is 22.6 Å². The molecular weight excluding hydrogens is 271 g/mol. The van der Waals surface area contributed by atoms with Gasteiger partial charge in [0.2, 0.25) is 0 Å². The van der Waals surface area contributed by atoms with Crippen molar-refractivity contribution in [2.24, 2.45) is 5.73 Å². The number of halogens is 3. The predicted molar refractivity (Wildman–Crippen MR) is 71.1 cm³/mol. The third-order valence-electron chi connectivity index (χ3n) is 2.99. The fourth-order valence-electron chi connectivity index (χ4n) is 1.87. The first-order valence-corrected chi connectivity index (χ1v) is 6.49. The SMILES string of the molecule is CCOc1cc(CC(N)CC)c(OC)cc1C(F)(F)F. The fourth-order valence-corrected chi connectivity index (χ4v) is 1.87. The zero-order chi connectivity index (χ0) is 15.3. The van der Waals surface area contributed by atoms with E-state index in [-0.39, 0.29) is 24.1 Å². The molecule has 0 bridgehead atoms. The standard InChI is InChI=1S/C14H20F3NO2/c1-4-10(18)6-9-7-13(20-5-2)11(14(15,16)17)8-12(9)19-3/h7-8,10H,4-6,18H2,1-3H3. The van der Waals surface area contributed by atoms with Crippen LogP contribution in [0.2, 0.25) is 0 Å². The Bertz CT molecular complexity index is 447. The number of ether oxygens (including phenoxy) is 2. The molecule has 1 rings (SSSR count). The Morgan fingerprint density at radius 3 is 2.30 bits per heavy atom. The summed E-state index contributed by atoms with van der Waals surface area (Å²) in [6.45, 7) is 3.72. The smallest absolute Gasteiger partial charge is 0.420 e. The topological polar surface area (TPSA) is 44.5 Å². The zero-order valence-corrected chi connectivity index (χ0v) is 11.9. The van der Waals surface area contributed by atoms with Crippen LogP contribution in [0.1, 0.15) is 31.4 Å². The van der Waals surface area contributed by atoms with Crippen LogP contribution in [0.15, 0.2) is 12.1 Å². The van der Waals surface area contributed by atoms with Gasteiger partial charge >= 0.3 is 6.18 Å². The number of hydrogen-bond acceptors (Lipinski definition) is 3. The molecule has 0 aliphatic rings. The maximum atomic E-state index is 13.0. The van der Waals surface area contributed by atoms with Crippen LogP contribution < -0.4 is 15.2 Å². The van der Waals surface area contributed by atoms with Gasteiger partial charge < -0.3 is 15.2 Å². The van der Waals surface area contributed by atoms with E-state index in [1.54, 1.807) is 6.92 Å². The highest BCUT2D eigenvalue weighted by Gasteiger charge is 2.35. The zero-order valence-electron chi connectivity index (χ0n) is 11.9. The monoisotopic (exact) mass is 291 g/mol. The number of alkyl halides is 3. The summed E-state index contributed by atoms with van der Waals surface area (Å²) in [4.78, 5) is 0. The Balaban J connectivity index is 3.29. The van der Waals surface area contributed by atoms with E-state index in [4.69, 9.17) is 15.2 Å². The van der Waals surface area contributed by atoms with E-state index in [1.807, 2.05) is 6.92 Å². The van der Waals surface area contributed by atoms with E-state index in [0.717, 1.165) is 12.5 Å². The summed E-state index contributed by atoms with van der Waals surface area (Å²) in [5.74, 6) is 0.00350. The minimum atomic E-state index is -4.48. The fraction of sp³-hybridized carbons (Fsp3) is 0.571. The van der Waals surface area contributed by atoms with E-state index in [9.17, 15) is 13.2 Å². The van der Waals surface area contributed by atoms with Gasteiger partial charge in [-0.25, -0.2) is 0 Å². The highest BCUT2D eigenvalue weighted by Crippen LogP contribution is 2.40. The molecule has 20 heavy (non-hydrogen) atoms. The summed E-state index contributed by atoms with van der Waals surface area (Å²) in [5, 5.41) is 0. The molecule has 3 nitrogen and oxygen atoms in total. The highest BCUT2D eigenvalue weighted by atomic mass is 19.4. The quantitative estimate of drug-likeness (QED) is 0.873. The average Bonchev–Trinajstić information content (AvgIpc) is 2.37. The maximum absolute atomic E-state index is 13.0. The molecule has 0 radical (unpaired) electrons. The molecule has 0 fully saturated rings. The van der Waals surface area contributed by atoms with Crippen molar-refractivity contribution in [3.05, 3.63) is 23.3 Å². The van der Waals surface area contributed by atoms with Crippen LogP contribution in [-0.4, -0.2) is 19.8 Å². The van der Waals surface area contributed by atoms with Gasteiger partial charge in [0.25, 0.3) is 0 Å². The Kier molecular flexibility index (Phi) is 5.68. The second-order valence-corrected chi connectivity index (χ2v) is 4.46. The van der Waals surface area contributed by atoms with E-state index >= 15 is 0 Å². The maximum Gasteiger partial charge on any atom is 0.420 e. The van der Waals surface area contributed by atoms with Crippen LogP contribution in [0.3, 0.4) is 0 Å². The summed E-state index contributed by atoms with van der Waals surface area (Å²) >= 11 is 0. The Morgan fingerprint density at radius 2 is 1.85 bits per heavy atom. The molecule has 1 aromatic carbocycles. The van der Waals surface area contributed by atoms with Crippen LogP contribution in [0.5, 0.6) is 11.5 Å². The molecule has 1 unspecified atom stereocenters. The number of benzene rings is 1. The van der Waals surface area contributed by atoms with E-state index in [0.29, 0.717) is 12.0 Å². The van der Waals surface area contributed by atoms with Gasteiger partial charge in [0.1, 0.15) is 17.1 Å². The first-order valence-electron chi connectivity index (χ1n) is 6.49. The Hall–Kier alpha value is -1.43. The van der Waals surface area contributed by atoms with Gasteiger partial charge in [0, 0.05) is 6.04 Å². The van der Waals surface area contributed by atoms with Crippen molar-refractivity contribution in [1.29, 1.82) is 0 Å². The molecule has 0 spiro atoms. The molecular formula is C14H20F3NO2. The largest absolute Gasteiger partial charge is 0.496 e. The summed E-state index contributed by atoms with van der Waals surface area (Å²) in [6.07, 6.45) is -3.31. The lowest BCUT2D eigenvalue weighted by Crippen LogP contribution is -2.22. The third-order valence-corrected chi connectivity index (χ3v) is 2.99. The van der Waals surface area contributed by atoms with Crippen LogP contribution in [-0.2, 0) is 12.6 Å². The van der Waals surface area contributed by atoms with Crippen molar-refractivity contribution in [3.8, 4) is 11.5 Å². The van der Waals surface area contributed by atoms with Crippen LogP contribution in [0.4, 0.5) is 13.2 Å². The van der Waals surface area contributed by atoms with Crippen LogP contribution >= 0.6 is 0 Å². The second kappa shape index (κ2) is 6.83. The molecule has 0 aromatic heterocycles. The lowest BCUT2D eigenvalue weighted by molar-refractivity contribution is -0.139. The summed E-state index contributed by atoms with van der Waals surface area (Å²) in [6, 6.07) is 2.22. The van der Waals surface area contributed by atoms with Crippen LogP contribution in [0, 0.1) is 0 Å². The number of nitrogens with two attached hydrogens (primary N) is 1. The molecule has 0 saturated heterocycles. The number of rotatable bonds is 6. The number of methoxy groups -OCH3 is 1. The summed E-state index contributed by atoms with van der Waals surface area (Å²) in [7, 11) is 1.34. The van der Waals surface area contributed by atoms with Crippen molar-refractivity contribution in [2.75, 3.05) is 13.7 Å². The van der Waals surface area contributed by atoms with Gasteiger partial charge in [-0.05, 0) is 37.5 Å². The second-order valence-electron chi connectivity index (χ2n) is 4.46. The van der Waals surface area contributed by atoms with Gasteiger partial charge in [-0.2, -0.15) is 13.2 Å². The van der Waals surface area contributed by atoms with E-state index in [2.05, 4.69) is 0 Å². The molecule has 0 aliphatic carbocycles. The minimum Gasteiger partial charge on any atom is -0.496 e. The van der Waals surface area contributed by atoms with Gasteiger partial charge in [0.05, 0.1) is 13.7 Å².